The molecular formula is C29H30N4O4. The number of hydrogen-bond acceptors (Lipinski definition) is 6. The zero-order chi connectivity index (χ0) is 26.7. The van der Waals surface area contributed by atoms with Crippen molar-refractivity contribution in [3.05, 3.63) is 95.1 Å². The maximum absolute atomic E-state index is 12.5. The van der Waals surface area contributed by atoms with Crippen molar-refractivity contribution in [1.29, 1.82) is 0 Å². The summed E-state index contributed by atoms with van der Waals surface area (Å²) in [5, 5.41) is 11.6. The molecule has 1 aromatic heterocycles. The Morgan fingerprint density at radius 3 is 2.32 bits per heavy atom. The number of carbonyl (C=O) groups is 2. The van der Waals surface area contributed by atoms with Gasteiger partial charge in [0.15, 0.2) is 5.88 Å². The maximum Gasteiger partial charge on any atom is 0.338 e. The first kappa shape index (κ1) is 25.7. The summed E-state index contributed by atoms with van der Waals surface area (Å²) < 4.78 is 5.10. The third-order valence-corrected chi connectivity index (χ3v) is 6.13. The number of esters is 1. The Kier molecular flexibility index (Phi) is 7.13. The molecule has 190 valence electrons. The number of nitrogens with zero attached hydrogens (tertiary/aromatic N) is 2. The highest BCUT2D eigenvalue weighted by molar-refractivity contribution is 6.22. The fourth-order valence-corrected chi connectivity index (χ4v) is 4.22. The van der Waals surface area contributed by atoms with Gasteiger partial charge >= 0.3 is 5.97 Å². The number of benzene rings is 3. The highest BCUT2D eigenvalue weighted by atomic mass is 16.5. The van der Waals surface area contributed by atoms with Crippen LogP contribution < -0.4 is 5.73 Å². The number of rotatable bonds is 7. The highest BCUT2D eigenvalue weighted by Crippen LogP contribution is 2.32. The van der Waals surface area contributed by atoms with Crippen LogP contribution in [0.5, 0.6) is 5.88 Å². The summed E-state index contributed by atoms with van der Waals surface area (Å²) >= 11 is 0. The number of hydrogen-bond donors (Lipinski definition) is 3. The monoisotopic (exact) mass is 498 g/mol. The molecule has 4 rings (SSSR count). The molecule has 0 spiro atoms. The molecule has 3 aromatic carbocycles. The number of carbonyl (C=O) groups excluding carboxylic acids is 2. The molecule has 0 fully saturated rings. The second kappa shape index (κ2) is 10.3. The lowest BCUT2D eigenvalue weighted by Crippen LogP contribution is -2.48. The van der Waals surface area contributed by atoms with Crippen LogP contribution in [-0.4, -0.2) is 53.3 Å². The van der Waals surface area contributed by atoms with E-state index in [1.165, 1.54) is 4.90 Å². The van der Waals surface area contributed by atoms with Gasteiger partial charge in [0.25, 0.3) is 0 Å². The molecule has 8 nitrogen and oxygen atoms in total. The number of fused-ring (bicyclic) bond motifs is 1. The number of nitrogens with two attached hydrogens (primary N) is 1. The van der Waals surface area contributed by atoms with Crippen molar-refractivity contribution < 1.29 is 19.4 Å². The molecule has 8 heteroatoms. The number of aromatic amines is 1. The summed E-state index contributed by atoms with van der Waals surface area (Å²) in [6.45, 7) is 3.70. The Balaban J connectivity index is 1.81. The third kappa shape index (κ3) is 5.10. The molecule has 0 bridgehead atoms. The summed E-state index contributed by atoms with van der Waals surface area (Å²) in [7, 11) is 3.34. The van der Waals surface area contributed by atoms with Gasteiger partial charge in [-0.3, -0.25) is 4.79 Å². The first-order valence-corrected chi connectivity index (χ1v) is 11.9. The van der Waals surface area contributed by atoms with Gasteiger partial charge in [0, 0.05) is 30.6 Å². The zero-order valence-corrected chi connectivity index (χ0v) is 21.3. The molecule has 1 heterocycles. The van der Waals surface area contributed by atoms with Gasteiger partial charge in [-0.25, -0.2) is 9.79 Å². The van der Waals surface area contributed by atoms with E-state index >= 15 is 0 Å². The van der Waals surface area contributed by atoms with Crippen molar-refractivity contribution in [3.8, 4) is 5.88 Å². The molecular weight excluding hydrogens is 468 g/mol. The zero-order valence-electron chi connectivity index (χ0n) is 21.3. The van der Waals surface area contributed by atoms with Crippen molar-refractivity contribution in [2.24, 2.45) is 10.7 Å². The number of aliphatic imine (C=N–C) groups is 1. The third-order valence-electron chi connectivity index (χ3n) is 6.13. The van der Waals surface area contributed by atoms with Crippen LogP contribution in [0.15, 0.2) is 77.8 Å². The minimum absolute atomic E-state index is 0.0682. The molecule has 1 unspecified atom stereocenters. The summed E-state index contributed by atoms with van der Waals surface area (Å²) in [6, 6.07) is 21.7. The Morgan fingerprint density at radius 1 is 1.03 bits per heavy atom. The first-order valence-electron chi connectivity index (χ1n) is 11.9. The first-order chi connectivity index (χ1) is 17.6. The maximum atomic E-state index is 12.5. The summed E-state index contributed by atoms with van der Waals surface area (Å²) in [5.41, 5.74) is 9.24. The molecule has 0 aliphatic carbocycles. The molecule has 1 amide bonds. The van der Waals surface area contributed by atoms with Crippen LogP contribution in [0.3, 0.4) is 0 Å². The average Bonchev–Trinajstić information content (AvgIpc) is 3.22. The molecule has 37 heavy (non-hydrogen) atoms. The normalized spacial score (nSPS) is 13.3. The summed E-state index contributed by atoms with van der Waals surface area (Å²) in [5.74, 6) is -0.710. The van der Waals surface area contributed by atoms with Gasteiger partial charge in [-0.1, -0.05) is 48.5 Å². The van der Waals surface area contributed by atoms with Gasteiger partial charge in [-0.15, -0.1) is 0 Å². The largest absolute Gasteiger partial charge is 0.494 e. The van der Waals surface area contributed by atoms with Crippen LogP contribution in [0.1, 0.15) is 40.9 Å². The van der Waals surface area contributed by atoms with Crippen LogP contribution in [0.2, 0.25) is 0 Å². The molecule has 0 aliphatic rings. The Hall–Kier alpha value is -4.43. The van der Waals surface area contributed by atoms with E-state index < -0.39 is 11.5 Å². The Labute approximate surface area is 215 Å². The molecule has 0 radical (unpaired) electrons. The second-order valence-electron chi connectivity index (χ2n) is 9.10. The summed E-state index contributed by atoms with van der Waals surface area (Å²) in [4.78, 5) is 34.1. The van der Waals surface area contributed by atoms with Crippen LogP contribution in [0.4, 0.5) is 5.69 Å². The van der Waals surface area contributed by atoms with E-state index in [4.69, 9.17) is 15.5 Å². The van der Waals surface area contributed by atoms with Gasteiger partial charge < -0.3 is 25.5 Å². The second-order valence-corrected chi connectivity index (χ2v) is 9.10. The minimum Gasteiger partial charge on any atom is -0.494 e. The SMILES string of the molecule is CCOC(=O)c1ccc2c(C(=Nc3ccc(C(C)(N)C(=O)N(C)C)cc3)c3ccccc3)c(O)[nH]c2c1. The molecule has 0 saturated carbocycles. The number of ether oxygens (including phenoxy) is 1. The quantitative estimate of drug-likeness (QED) is 0.256. The van der Waals surface area contributed by atoms with Crippen LogP contribution in [0, 0.1) is 0 Å². The lowest BCUT2D eigenvalue weighted by atomic mass is 9.91. The summed E-state index contributed by atoms with van der Waals surface area (Å²) in [6.07, 6.45) is 0. The van der Waals surface area contributed by atoms with E-state index in [9.17, 15) is 14.7 Å². The lowest BCUT2D eigenvalue weighted by molar-refractivity contribution is -0.134. The van der Waals surface area contributed by atoms with E-state index in [2.05, 4.69) is 4.98 Å². The van der Waals surface area contributed by atoms with E-state index in [1.54, 1.807) is 70.4 Å². The minimum atomic E-state index is -1.18. The van der Waals surface area contributed by atoms with Crippen LogP contribution in [0.25, 0.3) is 10.9 Å². The van der Waals surface area contributed by atoms with Gasteiger partial charge in [-0.2, -0.15) is 0 Å². The van der Waals surface area contributed by atoms with E-state index in [0.717, 1.165) is 5.56 Å². The van der Waals surface area contributed by atoms with Gasteiger partial charge in [0.2, 0.25) is 5.91 Å². The standard InChI is InChI=1S/C29H30N4O4/c1-5-37-27(35)19-11-16-22-23(17-19)32-26(34)24(22)25(18-9-7-6-8-10-18)31-21-14-12-20(13-15-21)29(2,30)28(36)33(3)4/h6-17,32,34H,5,30H2,1-4H3. The van der Waals surface area contributed by atoms with Crippen LogP contribution in [-0.2, 0) is 15.1 Å². The fourth-order valence-electron chi connectivity index (χ4n) is 4.22. The molecule has 4 N–H and O–H groups in total. The average molecular weight is 499 g/mol. The van der Waals surface area contributed by atoms with Crippen LogP contribution >= 0.6 is 0 Å². The Bertz CT molecular complexity index is 1470. The van der Waals surface area contributed by atoms with Gasteiger partial charge in [0.05, 0.1) is 29.1 Å². The van der Waals surface area contributed by atoms with E-state index in [1.807, 2.05) is 30.3 Å². The van der Waals surface area contributed by atoms with Gasteiger partial charge in [-0.05, 0) is 43.7 Å². The molecule has 0 saturated heterocycles. The topological polar surface area (TPSA) is 121 Å². The Morgan fingerprint density at radius 2 is 1.70 bits per heavy atom. The predicted octanol–water partition coefficient (Wildman–Crippen LogP) is 4.48. The number of aromatic hydroxyl groups is 1. The predicted molar refractivity (Wildman–Crippen MR) is 144 cm³/mol. The number of H-pyrrole nitrogens is 1. The van der Waals surface area contributed by atoms with Crippen molar-refractivity contribution in [3.63, 3.8) is 0 Å². The number of likely N-dealkylation sites (N-methyl/N-ethyl adjacent to an activating group) is 1. The number of nitrogens with one attached hydrogen (secondary N) is 1. The number of amides is 1. The molecule has 0 aliphatic heterocycles. The van der Waals surface area contributed by atoms with Crippen molar-refractivity contribution in [2.45, 2.75) is 19.4 Å². The number of aromatic nitrogens is 1. The lowest BCUT2D eigenvalue weighted by Gasteiger charge is -2.27. The van der Waals surface area contributed by atoms with Gasteiger partial charge in [0.1, 0.15) is 5.54 Å². The smallest absolute Gasteiger partial charge is 0.338 e. The van der Waals surface area contributed by atoms with Crippen molar-refractivity contribution >= 4 is 34.2 Å². The highest BCUT2D eigenvalue weighted by Gasteiger charge is 2.31. The van der Waals surface area contributed by atoms with Crippen molar-refractivity contribution in [2.75, 3.05) is 20.7 Å². The van der Waals surface area contributed by atoms with E-state index in [0.29, 0.717) is 39.0 Å². The molecule has 4 aromatic rings. The fraction of sp³-hybridized carbons (Fsp3) is 0.207. The molecule has 1 atom stereocenters. The van der Waals surface area contributed by atoms with Crippen molar-refractivity contribution in [1.82, 2.24) is 9.88 Å². The van der Waals surface area contributed by atoms with E-state index in [-0.39, 0.29) is 18.4 Å².